The molecule has 3 heteroatoms. The second kappa shape index (κ2) is 7.85. The third kappa shape index (κ3) is 7.85. The predicted molar refractivity (Wildman–Crippen MR) is 32.8 cm³/mol. The fourth-order valence-corrected chi connectivity index (χ4v) is 0.580. The smallest absolute Gasteiger partial charge is 0.0876 e. The summed E-state index contributed by atoms with van der Waals surface area (Å²) in [6.07, 6.45) is 2.73. The Morgan fingerprint density at radius 2 is 1.78 bits per heavy atom. The highest BCUT2D eigenvalue weighted by atomic mass is 19.3. The minimum Gasteiger partial charge on any atom is -0.385 e. The molecule has 0 spiro atoms. The van der Waals surface area contributed by atoms with E-state index in [1.165, 1.54) is 0 Å². The zero-order chi connectivity index (χ0) is 6.95. The molecule has 0 aliphatic heterocycles. The molecule has 0 aromatic heterocycles. The minimum absolute atomic E-state index is 0.212. The molecule has 56 valence electrons. The third-order valence-corrected chi connectivity index (χ3v) is 1.07. The minimum atomic E-state index is 0.212. The van der Waals surface area contributed by atoms with Crippen molar-refractivity contribution >= 4 is 0 Å². The Kier molecular flexibility index (Phi) is 7.72. The van der Waals surface area contributed by atoms with Crippen LogP contribution in [-0.4, -0.2) is 20.3 Å². The van der Waals surface area contributed by atoms with Crippen LogP contribution in [0.5, 0.6) is 0 Å². The first-order chi connectivity index (χ1) is 4.41. The molecule has 0 saturated carbocycles. The molecule has 2 nitrogen and oxygen atoms in total. The second-order valence-corrected chi connectivity index (χ2v) is 1.87. The van der Waals surface area contributed by atoms with Crippen LogP contribution in [0.15, 0.2) is 0 Å². The molecule has 0 fully saturated rings. The van der Waals surface area contributed by atoms with Gasteiger partial charge in [0, 0.05) is 13.7 Å². The van der Waals surface area contributed by atoms with Gasteiger partial charge in [0.2, 0.25) is 0 Å². The molecule has 0 N–H and O–H groups in total. The van der Waals surface area contributed by atoms with E-state index in [0.29, 0.717) is 0 Å². The van der Waals surface area contributed by atoms with Crippen molar-refractivity contribution in [3.63, 3.8) is 0 Å². The average molecular weight is 136 g/mol. The molecular weight excluding hydrogens is 123 g/mol. The number of hydrogen-bond donors (Lipinski definition) is 0. The van der Waals surface area contributed by atoms with E-state index < -0.39 is 0 Å². The van der Waals surface area contributed by atoms with Gasteiger partial charge >= 0.3 is 0 Å². The molecule has 0 aromatic carbocycles. The summed E-state index contributed by atoms with van der Waals surface area (Å²) in [5.74, 6) is 0. The van der Waals surface area contributed by atoms with Gasteiger partial charge in [-0.1, -0.05) is 0 Å². The fourth-order valence-electron chi connectivity index (χ4n) is 0.580. The van der Waals surface area contributed by atoms with Gasteiger partial charge in [0.05, 0.1) is 6.61 Å². The van der Waals surface area contributed by atoms with E-state index in [4.69, 9.17) is 4.74 Å². The molecule has 0 aliphatic rings. The molecule has 0 saturated heterocycles. The normalized spacial score (nSPS) is 10.0. The van der Waals surface area contributed by atoms with E-state index in [1.54, 1.807) is 7.11 Å². The Balaban J connectivity index is 2.60. The standard InChI is InChI=1S/C6H13FO2/c1-8-5-3-2-4-6-9-7/h2-6H2,1H3. The largest absolute Gasteiger partial charge is 0.385 e. The molecule has 9 heavy (non-hydrogen) atoms. The Morgan fingerprint density at radius 3 is 2.33 bits per heavy atom. The van der Waals surface area contributed by atoms with Crippen molar-refractivity contribution in [1.29, 1.82) is 0 Å². The monoisotopic (exact) mass is 136 g/mol. The van der Waals surface area contributed by atoms with Crippen LogP contribution in [0.2, 0.25) is 0 Å². The van der Waals surface area contributed by atoms with Crippen LogP contribution in [0.4, 0.5) is 4.53 Å². The van der Waals surface area contributed by atoms with Gasteiger partial charge in [-0.3, -0.25) is 0 Å². The first kappa shape index (κ1) is 8.85. The summed E-state index contributed by atoms with van der Waals surface area (Å²) in [6, 6.07) is 0. The van der Waals surface area contributed by atoms with Gasteiger partial charge < -0.3 is 4.74 Å². The Morgan fingerprint density at radius 1 is 1.11 bits per heavy atom. The van der Waals surface area contributed by atoms with Crippen LogP contribution >= 0.6 is 0 Å². The zero-order valence-electron chi connectivity index (χ0n) is 5.73. The molecular formula is C6H13FO2. The summed E-state index contributed by atoms with van der Waals surface area (Å²) in [4.78, 5) is 3.38. The van der Waals surface area contributed by atoms with E-state index in [-0.39, 0.29) is 6.61 Å². The topological polar surface area (TPSA) is 18.5 Å². The van der Waals surface area contributed by atoms with E-state index in [0.717, 1.165) is 25.9 Å². The van der Waals surface area contributed by atoms with Gasteiger partial charge in [0.1, 0.15) is 0 Å². The van der Waals surface area contributed by atoms with Gasteiger partial charge in [-0.2, -0.15) is 4.94 Å². The van der Waals surface area contributed by atoms with Crippen LogP contribution < -0.4 is 0 Å². The highest BCUT2D eigenvalue weighted by Gasteiger charge is 1.87. The summed E-state index contributed by atoms with van der Waals surface area (Å²) in [5.41, 5.74) is 0. The molecule has 0 amide bonds. The lowest BCUT2D eigenvalue weighted by molar-refractivity contribution is -0.133. The van der Waals surface area contributed by atoms with Gasteiger partial charge in [-0.05, 0) is 23.8 Å². The van der Waals surface area contributed by atoms with Crippen molar-refractivity contribution in [2.75, 3.05) is 20.3 Å². The number of ether oxygens (including phenoxy) is 1. The number of unbranched alkanes of at least 4 members (excludes halogenated alkanes) is 2. The number of rotatable bonds is 6. The van der Waals surface area contributed by atoms with Crippen LogP contribution in [0.25, 0.3) is 0 Å². The van der Waals surface area contributed by atoms with Crippen LogP contribution in [0.3, 0.4) is 0 Å². The quantitative estimate of drug-likeness (QED) is 0.517. The predicted octanol–water partition coefficient (Wildman–Crippen LogP) is 1.70. The third-order valence-electron chi connectivity index (χ3n) is 1.07. The fraction of sp³-hybridized carbons (Fsp3) is 1.00. The molecule has 0 aromatic rings. The first-order valence-electron chi connectivity index (χ1n) is 3.14. The Hall–Kier alpha value is -0.150. The van der Waals surface area contributed by atoms with Crippen molar-refractivity contribution in [3.05, 3.63) is 0 Å². The first-order valence-corrected chi connectivity index (χ1v) is 3.14. The molecule has 0 radical (unpaired) electrons. The van der Waals surface area contributed by atoms with Gasteiger partial charge in [-0.25, -0.2) is 0 Å². The summed E-state index contributed by atoms with van der Waals surface area (Å²) in [5, 5.41) is 0. The van der Waals surface area contributed by atoms with Crippen molar-refractivity contribution in [1.82, 2.24) is 0 Å². The second-order valence-electron chi connectivity index (χ2n) is 1.87. The number of halogens is 1. The highest BCUT2D eigenvalue weighted by Crippen LogP contribution is 1.95. The zero-order valence-corrected chi connectivity index (χ0v) is 5.73. The van der Waals surface area contributed by atoms with Crippen molar-refractivity contribution < 1.29 is 14.2 Å². The van der Waals surface area contributed by atoms with Gasteiger partial charge in [0.15, 0.2) is 0 Å². The van der Waals surface area contributed by atoms with Crippen LogP contribution in [-0.2, 0) is 9.68 Å². The molecule has 0 unspecified atom stereocenters. The van der Waals surface area contributed by atoms with E-state index in [2.05, 4.69) is 4.94 Å². The Labute approximate surface area is 54.9 Å². The van der Waals surface area contributed by atoms with E-state index in [9.17, 15) is 4.53 Å². The molecule has 0 heterocycles. The maximum Gasteiger partial charge on any atom is 0.0876 e. The van der Waals surface area contributed by atoms with Gasteiger partial charge in [-0.15, -0.1) is 0 Å². The van der Waals surface area contributed by atoms with E-state index >= 15 is 0 Å². The SMILES string of the molecule is COCCCCCOF. The molecule has 0 atom stereocenters. The molecule has 0 aliphatic carbocycles. The summed E-state index contributed by atoms with van der Waals surface area (Å²) in [7, 11) is 1.66. The maximum atomic E-state index is 11.0. The maximum absolute atomic E-state index is 11.0. The van der Waals surface area contributed by atoms with Crippen molar-refractivity contribution in [3.8, 4) is 0 Å². The van der Waals surface area contributed by atoms with Crippen molar-refractivity contribution in [2.45, 2.75) is 19.3 Å². The Bertz CT molecular complexity index is 44.3. The summed E-state index contributed by atoms with van der Waals surface area (Å²) in [6.45, 7) is 0.968. The molecule has 0 rings (SSSR count). The van der Waals surface area contributed by atoms with Gasteiger partial charge in [0.25, 0.3) is 0 Å². The summed E-state index contributed by atoms with van der Waals surface area (Å²) >= 11 is 0. The van der Waals surface area contributed by atoms with Crippen molar-refractivity contribution in [2.24, 2.45) is 0 Å². The van der Waals surface area contributed by atoms with E-state index in [1.807, 2.05) is 0 Å². The van der Waals surface area contributed by atoms with Crippen LogP contribution in [0, 0.1) is 0 Å². The lowest BCUT2D eigenvalue weighted by atomic mass is 10.2. The lowest BCUT2D eigenvalue weighted by Gasteiger charge is -1.95. The molecule has 0 bridgehead atoms. The average Bonchev–Trinajstić information content (AvgIpc) is 1.89. The summed E-state index contributed by atoms with van der Waals surface area (Å²) < 4.78 is 15.8. The van der Waals surface area contributed by atoms with Crippen LogP contribution in [0.1, 0.15) is 19.3 Å². The number of hydrogen-bond acceptors (Lipinski definition) is 2. The lowest BCUT2D eigenvalue weighted by Crippen LogP contribution is -1.90. The number of methoxy groups -OCH3 is 1. The highest BCUT2D eigenvalue weighted by molar-refractivity contribution is 4.37.